The molecule has 0 bridgehead atoms. The first kappa shape index (κ1) is 30.2. The van der Waals surface area contributed by atoms with E-state index in [4.69, 9.17) is 4.74 Å². The highest BCUT2D eigenvalue weighted by molar-refractivity contribution is 5.81. The predicted octanol–water partition coefficient (Wildman–Crippen LogP) is 6.80. The fraction of sp³-hybridized carbons (Fsp3) is 0.531. The third-order valence-corrected chi connectivity index (χ3v) is 7.43. The van der Waals surface area contributed by atoms with E-state index in [1.54, 1.807) is 0 Å². The van der Waals surface area contributed by atoms with Crippen molar-refractivity contribution in [3.05, 3.63) is 59.7 Å². The van der Waals surface area contributed by atoms with Crippen LogP contribution in [-0.2, 0) is 14.3 Å². The second kappa shape index (κ2) is 16.6. The number of fused-ring (bicyclic) bond motifs is 3. The van der Waals surface area contributed by atoms with E-state index in [-0.39, 0.29) is 24.9 Å². The maximum Gasteiger partial charge on any atom is 0.407 e. The summed E-state index contributed by atoms with van der Waals surface area (Å²) < 4.78 is 5.49. The molecular weight excluding hydrogens is 492 g/mol. The van der Waals surface area contributed by atoms with Crippen molar-refractivity contribution in [1.29, 1.82) is 0 Å². The van der Waals surface area contributed by atoms with E-state index < -0.39 is 18.1 Å². The van der Waals surface area contributed by atoms with Crippen LogP contribution in [0, 0.1) is 0 Å². The van der Waals surface area contributed by atoms with Crippen molar-refractivity contribution in [1.82, 2.24) is 10.6 Å². The monoisotopic (exact) mass is 536 g/mol. The van der Waals surface area contributed by atoms with E-state index in [0.717, 1.165) is 35.1 Å². The maximum atomic E-state index is 12.5. The molecule has 2 aromatic carbocycles. The zero-order chi connectivity index (χ0) is 27.9. The van der Waals surface area contributed by atoms with Crippen LogP contribution in [0.2, 0.25) is 0 Å². The maximum absolute atomic E-state index is 12.5. The van der Waals surface area contributed by atoms with Crippen LogP contribution in [0.25, 0.3) is 11.1 Å². The molecule has 1 atom stereocenters. The summed E-state index contributed by atoms with van der Waals surface area (Å²) in [5.41, 5.74) is 4.47. The smallest absolute Gasteiger partial charge is 0.407 e. The SMILES string of the molecule is CCCCCCCCCCC(=O)NCCCC[C@H](NC(=O)OCC1c2ccccc2-c2ccccc21)C(=O)O. The van der Waals surface area contributed by atoms with Crippen LogP contribution in [0.1, 0.15) is 101 Å². The van der Waals surface area contributed by atoms with Gasteiger partial charge in [0.25, 0.3) is 0 Å². The van der Waals surface area contributed by atoms with Gasteiger partial charge in [-0.1, -0.05) is 100 Å². The van der Waals surface area contributed by atoms with Gasteiger partial charge in [-0.3, -0.25) is 4.79 Å². The van der Waals surface area contributed by atoms with Gasteiger partial charge in [-0.25, -0.2) is 9.59 Å². The molecule has 3 N–H and O–H groups in total. The van der Waals surface area contributed by atoms with Crippen molar-refractivity contribution in [2.24, 2.45) is 0 Å². The van der Waals surface area contributed by atoms with Crippen molar-refractivity contribution in [2.75, 3.05) is 13.2 Å². The highest BCUT2D eigenvalue weighted by Crippen LogP contribution is 2.44. The average Bonchev–Trinajstić information content (AvgIpc) is 3.26. The summed E-state index contributed by atoms with van der Waals surface area (Å²) in [5.74, 6) is -1.13. The Kier molecular flexibility index (Phi) is 12.8. The van der Waals surface area contributed by atoms with Crippen LogP contribution in [0.3, 0.4) is 0 Å². The lowest BCUT2D eigenvalue weighted by Gasteiger charge is -2.17. The number of hydrogen-bond donors (Lipinski definition) is 3. The number of benzene rings is 2. The van der Waals surface area contributed by atoms with Crippen LogP contribution in [0.4, 0.5) is 4.79 Å². The van der Waals surface area contributed by atoms with Gasteiger partial charge >= 0.3 is 12.1 Å². The second-order valence-electron chi connectivity index (χ2n) is 10.4. The Bertz CT molecular complexity index is 1020. The number of unbranched alkanes of at least 4 members (excludes halogenated alkanes) is 8. The zero-order valence-corrected chi connectivity index (χ0v) is 23.3. The summed E-state index contributed by atoms with van der Waals surface area (Å²) in [4.78, 5) is 36.2. The molecule has 0 saturated carbocycles. The quantitative estimate of drug-likeness (QED) is 0.182. The number of amides is 2. The van der Waals surface area contributed by atoms with Gasteiger partial charge < -0.3 is 20.5 Å². The standard InChI is InChI=1S/C32H44N2O5/c1-2-3-4-5-6-7-8-9-21-30(35)33-22-15-14-20-29(31(36)37)34-32(38)39-23-28-26-18-12-10-16-24(26)25-17-11-13-19-27(25)28/h10-13,16-19,28-29H,2-9,14-15,20-23H2,1H3,(H,33,35)(H,34,38)(H,36,37)/t29-/m0/s1. The summed E-state index contributed by atoms with van der Waals surface area (Å²) >= 11 is 0. The van der Waals surface area contributed by atoms with Crippen molar-refractivity contribution in [2.45, 2.75) is 95.9 Å². The Hall–Kier alpha value is -3.35. The molecule has 1 aliphatic carbocycles. The molecule has 2 amide bonds. The minimum absolute atomic E-state index is 0.0486. The first-order valence-corrected chi connectivity index (χ1v) is 14.6. The van der Waals surface area contributed by atoms with E-state index in [0.29, 0.717) is 25.8 Å². The number of carbonyl (C=O) groups excluding carboxylic acids is 2. The zero-order valence-electron chi connectivity index (χ0n) is 23.3. The van der Waals surface area contributed by atoms with E-state index in [1.165, 1.54) is 38.5 Å². The van der Waals surface area contributed by atoms with E-state index in [2.05, 4.69) is 29.7 Å². The van der Waals surface area contributed by atoms with Crippen molar-refractivity contribution >= 4 is 18.0 Å². The normalized spacial score (nSPS) is 12.8. The summed E-state index contributed by atoms with van der Waals surface area (Å²) in [6.07, 6.45) is 10.9. The molecule has 0 fully saturated rings. The fourth-order valence-corrected chi connectivity index (χ4v) is 5.25. The Morgan fingerprint density at radius 1 is 0.821 bits per heavy atom. The van der Waals surface area contributed by atoms with Crippen LogP contribution < -0.4 is 10.6 Å². The van der Waals surface area contributed by atoms with E-state index in [9.17, 15) is 19.5 Å². The highest BCUT2D eigenvalue weighted by atomic mass is 16.5. The first-order chi connectivity index (χ1) is 19.0. The van der Waals surface area contributed by atoms with E-state index >= 15 is 0 Å². The van der Waals surface area contributed by atoms with Crippen molar-refractivity contribution in [3.63, 3.8) is 0 Å². The third-order valence-electron chi connectivity index (χ3n) is 7.43. The number of carboxylic acids is 1. The molecule has 212 valence electrons. The lowest BCUT2D eigenvalue weighted by molar-refractivity contribution is -0.139. The molecule has 39 heavy (non-hydrogen) atoms. The number of rotatable bonds is 18. The van der Waals surface area contributed by atoms with Gasteiger partial charge in [0, 0.05) is 18.9 Å². The van der Waals surface area contributed by atoms with Crippen LogP contribution in [0.15, 0.2) is 48.5 Å². The molecule has 1 aliphatic rings. The number of ether oxygens (including phenoxy) is 1. The van der Waals surface area contributed by atoms with Crippen LogP contribution in [0.5, 0.6) is 0 Å². The minimum Gasteiger partial charge on any atom is -0.480 e. The molecule has 0 spiro atoms. The summed E-state index contributed by atoms with van der Waals surface area (Å²) in [6, 6.07) is 15.1. The van der Waals surface area contributed by atoms with Crippen LogP contribution in [-0.4, -0.2) is 42.3 Å². The highest BCUT2D eigenvalue weighted by Gasteiger charge is 2.29. The molecule has 0 aromatic heterocycles. The number of alkyl carbamates (subject to hydrolysis) is 1. The van der Waals surface area contributed by atoms with Crippen LogP contribution >= 0.6 is 0 Å². The molecule has 0 aliphatic heterocycles. The minimum atomic E-state index is -1.10. The molecule has 0 unspecified atom stereocenters. The van der Waals surface area contributed by atoms with Gasteiger partial charge in [-0.05, 0) is 47.9 Å². The predicted molar refractivity (Wildman–Crippen MR) is 154 cm³/mol. The molecule has 0 radical (unpaired) electrons. The lowest BCUT2D eigenvalue weighted by atomic mass is 9.98. The van der Waals surface area contributed by atoms with Crippen molar-refractivity contribution in [3.8, 4) is 11.1 Å². The topological polar surface area (TPSA) is 105 Å². The van der Waals surface area contributed by atoms with Gasteiger partial charge in [0.05, 0.1) is 0 Å². The molecule has 0 saturated heterocycles. The third kappa shape index (κ3) is 9.72. The fourth-order valence-electron chi connectivity index (χ4n) is 5.25. The van der Waals surface area contributed by atoms with Gasteiger partial charge in [0.1, 0.15) is 12.6 Å². The number of aliphatic carboxylic acids is 1. The summed E-state index contributed by atoms with van der Waals surface area (Å²) in [7, 11) is 0. The van der Waals surface area contributed by atoms with E-state index in [1.807, 2.05) is 36.4 Å². The Morgan fingerprint density at radius 3 is 2.03 bits per heavy atom. The largest absolute Gasteiger partial charge is 0.480 e. The molecule has 7 heteroatoms. The number of carbonyl (C=O) groups is 3. The Balaban J connectivity index is 1.30. The summed E-state index contributed by atoms with van der Waals surface area (Å²) in [5, 5.41) is 15.0. The Morgan fingerprint density at radius 2 is 1.41 bits per heavy atom. The van der Waals surface area contributed by atoms with Gasteiger partial charge in [0.2, 0.25) is 5.91 Å². The summed E-state index contributed by atoms with van der Waals surface area (Å²) in [6.45, 7) is 2.86. The van der Waals surface area contributed by atoms with Gasteiger partial charge in [-0.15, -0.1) is 0 Å². The lowest BCUT2D eigenvalue weighted by Crippen LogP contribution is -2.41. The first-order valence-electron chi connectivity index (χ1n) is 14.6. The second-order valence-corrected chi connectivity index (χ2v) is 10.4. The number of hydrogen-bond acceptors (Lipinski definition) is 4. The molecule has 7 nitrogen and oxygen atoms in total. The molecule has 0 heterocycles. The molecule has 2 aromatic rings. The molecular formula is C32H44N2O5. The number of carboxylic acid groups (broad SMARTS) is 1. The Labute approximate surface area is 232 Å². The van der Waals surface area contributed by atoms with Crippen molar-refractivity contribution < 1.29 is 24.2 Å². The average molecular weight is 537 g/mol. The molecule has 3 rings (SSSR count). The van der Waals surface area contributed by atoms with Gasteiger partial charge in [0.15, 0.2) is 0 Å². The van der Waals surface area contributed by atoms with Gasteiger partial charge in [-0.2, -0.15) is 0 Å². The number of nitrogens with one attached hydrogen (secondary N) is 2.